The molecule has 2 nitrogen and oxygen atoms in total. The van der Waals surface area contributed by atoms with Gasteiger partial charge in [-0.1, -0.05) is 36.4 Å². The van der Waals surface area contributed by atoms with Gasteiger partial charge in [0.05, 0.1) is 17.3 Å². The van der Waals surface area contributed by atoms with E-state index in [-0.39, 0.29) is 5.82 Å². The highest BCUT2D eigenvalue weighted by Crippen LogP contribution is 2.29. The monoisotopic (exact) mass is 330 g/mol. The zero-order valence-corrected chi connectivity index (χ0v) is 12.1. The third-order valence-electron chi connectivity index (χ3n) is 3.24. The van der Waals surface area contributed by atoms with E-state index in [9.17, 15) is 4.39 Å². The van der Waals surface area contributed by atoms with Crippen molar-refractivity contribution < 1.29 is 4.39 Å². The van der Waals surface area contributed by atoms with Crippen LogP contribution < -0.4 is 5.73 Å². The van der Waals surface area contributed by atoms with Gasteiger partial charge in [0.25, 0.3) is 0 Å². The van der Waals surface area contributed by atoms with Crippen molar-refractivity contribution in [1.82, 2.24) is 4.98 Å². The average molecular weight is 331 g/mol. The number of fused-ring (bicyclic) bond motifs is 1. The second-order valence-corrected chi connectivity index (χ2v) is 5.40. The molecule has 20 heavy (non-hydrogen) atoms. The van der Waals surface area contributed by atoms with Crippen LogP contribution in [0.2, 0.25) is 0 Å². The van der Waals surface area contributed by atoms with Crippen molar-refractivity contribution in [3.63, 3.8) is 0 Å². The number of benzene rings is 2. The highest BCUT2D eigenvalue weighted by Gasteiger charge is 2.17. The van der Waals surface area contributed by atoms with E-state index in [0.29, 0.717) is 11.3 Å². The number of nitrogens with zero attached hydrogens (tertiary/aromatic N) is 1. The number of halogens is 2. The summed E-state index contributed by atoms with van der Waals surface area (Å²) >= 11 is 3.47. The zero-order chi connectivity index (χ0) is 14.1. The summed E-state index contributed by atoms with van der Waals surface area (Å²) < 4.78 is 14.6. The summed E-state index contributed by atoms with van der Waals surface area (Å²) in [6.07, 6.45) is 0. The van der Waals surface area contributed by atoms with Gasteiger partial charge in [-0.05, 0) is 34.1 Å². The van der Waals surface area contributed by atoms with Crippen molar-refractivity contribution >= 4 is 26.8 Å². The summed E-state index contributed by atoms with van der Waals surface area (Å²) in [5.41, 5.74) is 8.10. The lowest BCUT2D eigenvalue weighted by atomic mass is 10.0. The van der Waals surface area contributed by atoms with Crippen LogP contribution >= 0.6 is 15.9 Å². The third-order valence-corrected chi connectivity index (χ3v) is 3.87. The molecule has 3 aromatic rings. The fraction of sp³-hybridized carbons (Fsp3) is 0.0625. The topological polar surface area (TPSA) is 38.9 Å². The molecule has 1 atom stereocenters. The molecule has 1 aromatic heterocycles. The Hall–Kier alpha value is -1.78. The van der Waals surface area contributed by atoms with Gasteiger partial charge in [0.2, 0.25) is 0 Å². The fourth-order valence-corrected chi connectivity index (χ4v) is 2.78. The van der Waals surface area contributed by atoms with Crippen molar-refractivity contribution in [2.75, 3.05) is 0 Å². The van der Waals surface area contributed by atoms with E-state index in [4.69, 9.17) is 5.73 Å². The summed E-state index contributed by atoms with van der Waals surface area (Å²) in [7, 11) is 0. The van der Waals surface area contributed by atoms with Crippen LogP contribution in [0.4, 0.5) is 4.39 Å². The summed E-state index contributed by atoms with van der Waals surface area (Å²) in [6.45, 7) is 0. The molecule has 0 fully saturated rings. The van der Waals surface area contributed by atoms with E-state index in [1.54, 1.807) is 18.2 Å². The highest BCUT2D eigenvalue weighted by atomic mass is 79.9. The Morgan fingerprint density at radius 3 is 2.55 bits per heavy atom. The van der Waals surface area contributed by atoms with Crippen molar-refractivity contribution in [2.24, 2.45) is 5.73 Å². The number of pyridine rings is 1. The molecule has 2 aromatic carbocycles. The molecule has 2 N–H and O–H groups in total. The van der Waals surface area contributed by atoms with E-state index in [2.05, 4.69) is 20.9 Å². The maximum Gasteiger partial charge on any atom is 0.128 e. The smallest absolute Gasteiger partial charge is 0.128 e. The molecule has 0 bridgehead atoms. The molecule has 0 saturated carbocycles. The molecule has 4 heteroatoms. The summed E-state index contributed by atoms with van der Waals surface area (Å²) in [6, 6.07) is 15.6. The van der Waals surface area contributed by atoms with Gasteiger partial charge in [0.1, 0.15) is 5.82 Å². The summed E-state index contributed by atoms with van der Waals surface area (Å²) in [5.74, 6) is -0.318. The quantitative estimate of drug-likeness (QED) is 0.765. The summed E-state index contributed by atoms with van der Waals surface area (Å²) in [4.78, 5) is 4.55. The molecule has 0 aliphatic rings. The normalized spacial score (nSPS) is 12.6. The third kappa shape index (κ3) is 2.32. The average Bonchev–Trinajstić information content (AvgIpc) is 2.46. The molecule has 1 heterocycles. The van der Waals surface area contributed by atoms with Crippen molar-refractivity contribution in [3.05, 3.63) is 76.1 Å². The van der Waals surface area contributed by atoms with E-state index in [1.165, 1.54) is 6.07 Å². The van der Waals surface area contributed by atoms with Gasteiger partial charge in [0.15, 0.2) is 0 Å². The van der Waals surface area contributed by atoms with Gasteiger partial charge < -0.3 is 5.73 Å². The first-order chi connectivity index (χ1) is 9.66. The van der Waals surface area contributed by atoms with Gasteiger partial charge in [-0.3, -0.25) is 0 Å². The fourth-order valence-electron chi connectivity index (χ4n) is 2.20. The van der Waals surface area contributed by atoms with E-state index in [1.807, 2.05) is 30.3 Å². The molecule has 0 spiro atoms. The predicted molar refractivity (Wildman–Crippen MR) is 81.9 cm³/mol. The second kappa shape index (κ2) is 5.31. The van der Waals surface area contributed by atoms with E-state index >= 15 is 0 Å². The van der Waals surface area contributed by atoms with Crippen LogP contribution in [0, 0.1) is 5.82 Å². The van der Waals surface area contributed by atoms with E-state index in [0.717, 1.165) is 15.4 Å². The van der Waals surface area contributed by atoms with Crippen LogP contribution in [-0.2, 0) is 0 Å². The molecule has 0 radical (unpaired) electrons. The van der Waals surface area contributed by atoms with Crippen LogP contribution in [0.25, 0.3) is 10.9 Å². The largest absolute Gasteiger partial charge is 0.319 e. The second-order valence-electron chi connectivity index (χ2n) is 4.55. The summed E-state index contributed by atoms with van der Waals surface area (Å²) in [5, 5.41) is 1.02. The Labute approximate surface area is 124 Å². The lowest BCUT2D eigenvalue weighted by molar-refractivity contribution is 0.597. The van der Waals surface area contributed by atoms with Crippen LogP contribution in [-0.4, -0.2) is 4.98 Å². The van der Waals surface area contributed by atoms with Crippen molar-refractivity contribution in [3.8, 4) is 0 Å². The molecular formula is C16H12BrFN2. The number of rotatable bonds is 2. The Kier molecular flexibility index (Phi) is 3.51. The molecule has 1 unspecified atom stereocenters. The van der Waals surface area contributed by atoms with Crippen LogP contribution in [0.5, 0.6) is 0 Å². The van der Waals surface area contributed by atoms with Crippen LogP contribution in [0.3, 0.4) is 0 Å². The molecule has 0 amide bonds. The van der Waals surface area contributed by atoms with Crippen LogP contribution in [0.15, 0.2) is 59.1 Å². The predicted octanol–water partition coefficient (Wildman–Crippen LogP) is 4.18. The Morgan fingerprint density at radius 1 is 1.05 bits per heavy atom. The van der Waals surface area contributed by atoms with Gasteiger partial charge in [-0.15, -0.1) is 0 Å². The van der Waals surface area contributed by atoms with Gasteiger partial charge >= 0.3 is 0 Å². The molecular weight excluding hydrogens is 319 g/mol. The van der Waals surface area contributed by atoms with Crippen molar-refractivity contribution in [1.29, 1.82) is 0 Å². The van der Waals surface area contributed by atoms with Gasteiger partial charge in [-0.2, -0.15) is 0 Å². The van der Waals surface area contributed by atoms with Gasteiger partial charge in [0, 0.05) is 15.4 Å². The number of nitrogens with two attached hydrogens (primary N) is 1. The van der Waals surface area contributed by atoms with Crippen LogP contribution in [0.1, 0.15) is 17.3 Å². The Morgan fingerprint density at radius 2 is 1.75 bits per heavy atom. The standard InChI is InChI=1S/C16H12BrFN2/c17-12-9-10-5-1-4-8-14(10)20-16(12)15(19)11-6-2-3-7-13(11)18/h1-9,15H,19H2. The van der Waals surface area contributed by atoms with E-state index < -0.39 is 6.04 Å². The number of para-hydroxylation sites is 1. The minimum Gasteiger partial charge on any atom is -0.319 e. The molecule has 3 rings (SSSR count). The molecule has 0 aliphatic carbocycles. The molecule has 100 valence electrons. The Bertz CT molecular complexity index is 773. The first kappa shape index (κ1) is 13.2. The minimum absolute atomic E-state index is 0.318. The SMILES string of the molecule is NC(c1ccccc1F)c1nc2ccccc2cc1Br. The molecule has 0 saturated heterocycles. The molecule has 0 aliphatic heterocycles. The first-order valence-corrected chi connectivity index (χ1v) is 7.01. The number of aromatic nitrogens is 1. The number of hydrogen-bond donors (Lipinski definition) is 1. The first-order valence-electron chi connectivity index (χ1n) is 6.22. The van der Waals surface area contributed by atoms with Crippen molar-refractivity contribution in [2.45, 2.75) is 6.04 Å². The lowest BCUT2D eigenvalue weighted by Crippen LogP contribution is -2.16. The maximum atomic E-state index is 13.8. The lowest BCUT2D eigenvalue weighted by Gasteiger charge is -2.15. The highest BCUT2D eigenvalue weighted by molar-refractivity contribution is 9.10. The van der Waals surface area contributed by atoms with Gasteiger partial charge in [-0.25, -0.2) is 9.37 Å². The minimum atomic E-state index is -0.602. The Balaban J connectivity index is 2.14. The maximum absolute atomic E-state index is 13.8. The number of hydrogen-bond acceptors (Lipinski definition) is 2. The zero-order valence-electron chi connectivity index (χ0n) is 10.6.